The largest absolute Gasteiger partial charge is 0.462 e. The van der Waals surface area contributed by atoms with E-state index in [4.69, 9.17) is 16.3 Å². The number of halogens is 1. The number of benzene rings is 1. The SMILES string of the molecule is CCOC(=O)c1c(-c2ccccc2)csc1NC(=O)CCCCl. The van der Waals surface area contributed by atoms with Gasteiger partial charge in [0, 0.05) is 23.2 Å². The summed E-state index contributed by atoms with van der Waals surface area (Å²) in [6.07, 6.45) is 0.920. The van der Waals surface area contributed by atoms with Crippen LogP contribution in [-0.4, -0.2) is 24.4 Å². The van der Waals surface area contributed by atoms with Crippen molar-refractivity contribution in [3.05, 3.63) is 41.3 Å². The summed E-state index contributed by atoms with van der Waals surface area (Å²) in [5.41, 5.74) is 2.08. The molecule has 0 unspecified atom stereocenters. The number of amides is 1. The van der Waals surface area contributed by atoms with Crippen LogP contribution >= 0.6 is 22.9 Å². The number of thiophene rings is 1. The van der Waals surface area contributed by atoms with E-state index in [-0.39, 0.29) is 12.5 Å². The van der Waals surface area contributed by atoms with E-state index in [1.165, 1.54) is 11.3 Å². The van der Waals surface area contributed by atoms with Crippen molar-refractivity contribution >= 4 is 39.8 Å². The molecule has 1 amide bonds. The molecule has 1 heterocycles. The van der Waals surface area contributed by atoms with Gasteiger partial charge in [0.25, 0.3) is 0 Å². The van der Waals surface area contributed by atoms with E-state index >= 15 is 0 Å². The Kier molecular flexibility index (Phi) is 6.62. The molecule has 6 heteroatoms. The van der Waals surface area contributed by atoms with Crippen LogP contribution in [0.15, 0.2) is 35.7 Å². The molecule has 0 radical (unpaired) electrons. The Morgan fingerprint density at radius 3 is 2.65 bits per heavy atom. The molecule has 122 valence electrons. The molecule has 0 bridgehead atoms. The monoisotopic (exact) mass is 351 g/mol. The zero-order valence-electron chi connectivity index (χ0n) is 12.8. The summed E-state index contributed by atoms with van der Waals surface area (Å²) < 4.78 is 5.15. The van der Waals surface area contributed by atoms with E-state index in [1.54, 1.807) is 6.92 Å². The van der Waals surface area contributed by atoms with Gasteiger partial charge in [-0.3, -0.25) is 4.79 Å². The minimum Gasteiger partial charge on any atom is -0.462 e. The Labute approximate surface area is 144 Å². The normalized spacial score (nSPS) is 10.3. The van der Waals surface area contributed by atoms with Crippen molar-refractivity contribution in [3.8, 4) is 11.1 Å². The number of nitrogens with one attached hydrogen (secondary N) is 1. The predicted molar refractivity (Wildman–Crippen MR) is 94.3 cm³/mol. The van der Waals surface area contributed by atoms with Crippen LogP contribution < -0.4 is 5.32 Å². The van der Waals surface area contributed by atoms with E-state index in [0.29, 0.717) is 29.3 Å². The van der Waals surface area contributed by atoms with Crippen LogP contribution in [0.1, 0.15) is 30.1 Å². The average Bonchev–Trinajstić information content (AvgIpc) is 2.97. The molecule has 0 aliphatic heterocycles. The van der Waals surface area contributed by atoms with E-state index in [2.05, 4.69) is 5.32 Å². The van der Waals surface area contributed by atoms with Crippen LogP contribution in [-0.2, 0) is 9.53 Å². The quantitative estimate of drug-likeness (QED) is 0.588. The maximum atomic E-state index is 12.3. The Balaban J connectivity index is 2.33. The Bertz CT molecular complexity index is 670. The Morgan fingerprint density at radius 1 is 1.26 bits per heavy atom. The molecule has 23 heavy (non-hydrogen) atoms. The van der Waals surface area contributed by atoms with Crippen molar-refractivity contribution in [2.75, 3.05) is 17.8 Å². The maximum absolute atomic E-state index is 12.3. The molecule has 2 aromatic rings. The van der Waals surface area contributed by atoms with E-state index in [0.717, 1.165) is 11.1 Å². The fourth-order valence-electron chi connectivity index (χ4n) is 2.10. The van der Waals surface area contributed by atoms with Crippen molar-refractivity contribution in [1.82, 2.24) is 0 Å². The zero-order chi connectivity index (χ0) is 16.7. The highest BCUT2D eigenvalue weighted by molar-refractivity contribution is 7.15. The van der Waals surface area contributed by atoms with Gasteiger partial charge in [0.05, 0.1) is 6.61 Å². The van der Waals surface area contributed by atoms with Crippen molar-refractivity contribution in [2.24, 2.45) is 0 Å². The molecule has 2 rings (SSSR count). The lowest BCUT2D eigenvalue weighted by Crippen LogP contribution is -2.14. The summed E-state index contributed by atoms with van der Waals surface area (Å²) in [5, 5.41) is 5.17. The first-order valence-electron chi connectivity index (χ1n) is 7.37. The van der Waals surface area contributed by atoms with Gasteiger partial charge >= 0.3 is 5.97 Å². The summed E-state index contributed by atoms with van der Waals surface area (Å²) in [6, 6.07) is 9.56. The number of carbonyl (C=O) groups is 2. The Morgan fingerprint density at radius 2 is 2.00 bits per heavy atom. The summed E-state index contributed by atoms with van der Waals surface area (Å²) in [5.74, 6) is -0.157. The molecule has 0 aliphatic rings. The molecule has 4 nitrogen and oxygen atoms in total. The molecule has 0 aliphatic carbocycles. The van der Waals surface area contributed by atoms with Crippen LogP contribution in [0.2, 0.25) is 0 Å². The highest BCUT2D eigenvalue weighted by atomic mass is 35.5. The third-order valence-corrected chi connectivity index (χ3v) is 4.31. The summed E-state index contributed by atoms with van der Waals surface area (Å²) >= 11 is 6.93. The van der Waals surface area contributed by atoms with Crippen molar-refractivity contribution < 1.29 is 14.3 Å². The average molecular weight is 352 g/mol. The molecule has 0 atom stereocenters. The van der Waals surface area contributed by atoms with Gasteiger partial charge < -0.3 is 10.1 Å². The van der Waals surface area contributed by atoms with Gasteiger partial charge in [-0.05, 0) is 18.9 Å². The number of carbonyl (C=O) groups excluding carboxylic acids is 2. The summed E-state index contributed by atoms with van der Waals surface area (Å²) in [6.45, 7) is 2.04. The number of ether oxygens (including phenoxy) is 1. The second-order valence-corrected chi connectivity index (χ2v) is 6.04. The number of anilines is 1. The molecule has 1 aromatic carbocycles. The van der Waals surface area contributed by atoms with Crippen LogP contribution in [0.3, 0.4) is 0 Å². The number of alkyl halides is 1. The van der Waals surface area contributed by atoms with Crippen LogP contribution in [0.25, 0.3) is 11.1 Å². The molecule has 0 fully saturated rings. The molecular formula is C17H18ClNO3S. The number of hydrogen-bond acceptors (Lipinski definition) is 4. The Hall–Kier alpha value is -1.85. The van der Waals surface area contributed by atoms with Gasteiger partial charge in [-0.25, -0.2) is 4.79 Å². The number of rotatable bonds is 7. The standard InChI is InChI=1S/C17H18ClNO3S/c1-2-22-17(21)15-13(12-7-4-3-5-8-12)11-23-16(15)19-14(20)9-6-10-18/h3-5,7-8,11H,2,6,9-10H2,1H3,(H,19,20). The minimum atomic E-state index is -0.430. The topological polar surface area (TPSA) is 55.4 Å². The molecule has 1 N–H and O–H groups in total. The number of esters is 1. The van der Waals surface area contributed by atoms with E-state index in [1.807, 2.05) is 35.7 Å². The highest BCUT2D eigenvalue weighted by Gasteiger charge is 2.22. The van der Waals surface area contributed by atoms with Crippen molar-refractivity contribution in [3.63, 3.8) is 0 Å². The van der Waals surface area contributed by atoms with Gasteiger partial charge in [-0.2, -0.15) is 0 Å². The van der Waals surface area contributed by atoms with Crippen LogP contribution in [0.4, 0.5) is 5.00 Å². The maximum Gasteiger partial charge on any atom is 0.341 e. The first-order valence-corrected chi connectivity index (χ1v) is 8.78. The lowest BCUT2D eigenvalue weighted by atomic mass is 10.0. The zero-order valence-corrected chi connectivity index (χ0v) is 14.4. The van der Waals surface area contributed by atoms with E-state index in [9.17, 15) is 9.59 Å². The highest BCUT2D eigenvalue weighted by Crippen LogP contribution is 2.36. The van der Waals surface area contributed by atoms with Gasteiger partial charge in [0.15, 0.2) is 0 Å². The van der Waals surface area contributed by atoms with Gasteiger partial charge in [-0.1, -0.05) is 30.3 Å². The number of hydrogen-bond donors (Lipinski definition) is 1. The lowest BCUT2D eigenvalue weighted by Gasteiger charge is -2.08. The minimum absolute atomic E-state index is 0.155. The van der Waals surface area contributed by atoms with Crippen LogP contribution in [0.5, 0.6) is 0 Å². The van der Waals surface area contributed by atoms with Crippen LogP contribution in [0, 0.1) is 0 Å². The lowest BCUT2D eigenvalue weighted by molar-refractivity contribution is -0.116. The first-order chi connectivity index (χ1) is 11.2. The third-order valence-electron chi connectivity index (χ3n) is 3.15. The van der Waals surface area contributed by atoms with Crippen molar-refractivity contribution in [1.29, 1.82) is 0 Å². The smallest absolute Gasteiger partial charge is 0.341 e. The molecule has 0 saturated carbocycles. The molecular weight excluding hydrogens is 334 g/mol. The fraction of sp³-hybridized carbons (Fsp3) is 0.294. The van der Waals surface area contributed by atoms with Gasteiger partial charge in [0.2, 0.25) is 5.91 Å². The second kappa shape index (κ2) is 8.70. The van der Waals surface area contributed by atoms with Crippen molar-refractivity contribution in [2.45, 2.75) is 19.8 Å². The molecule has 1 aromatic heterocycles. The molecule has 0 spiro atoms. The second-order valence-electron chi connectivity index (χ2n) is 4.78. The first kappa shape index (κ1) is 17.5. The molecule has 0 saturated heterocycles. The fourth-order valence-corrected chi connectivity index (χ4v) is 3.21. The summed E-state index contributed by atoms with van der Waals surface area (Å²) in [4.78, 5) is 24.3. The van der Waals surface area contributed by atoms with E-state index < -0.39 is 5.97 Å². The summed E-state index contributed by atoms with van der Waals surface area (Å²) in [7, 11) is 0. The van der Waals surface area contributed by atoms with Gasteiger partial charge in [0.1, 0.15) is 10.6 Å². The van der Waals surface area contributed by atoms with Gasteiger partial charge in [-0.15, -0.1) is 22.9 Å². The third kappa shape index (κ3) is 4.56. The predicted octanol–water partition coefficient (Wildman–Crippen LogP) is 4.55.